The molecule has 0 bridgehead atoms. The minimum atomic E-state index is -1.54. The minimum Gasteiger partial charge on any atom is -0.435 e. The van der Waals surface area contributed by atoms with Crippen LogP contribution in [0, 0.1) is 29.1 Å². The molecule has 0 saturated carbocycles. The second-order valence-corrected chi connectivity index (χ2v) is 9.68. The average Bonchev–Trinajstić information content (AvgIpc) is 2.99. The van der Waals surface area contributed by atoms with Gasteiger partial charge in [0.25, 0.3) is 0 Å². The summed E-state index contributed by atoms with van der Waals surface area (Å²) >= 11 is 0.697. The van der Waals surface area contributed by atoms with Gasteiger partial charge in [-0.2, -0.15) is 4.39 Å². The Hall–Kier alpha value is -4.04. The minimum absolute atomic E-state index is 0.0963. The first-order valence-corrected chi connectivity index (χ1v) is 13.7. The molecule has 2 aromatic carbocycles. The van der Waals surface area contributed by atoms with Gasteiger partial charge in [0.15, 0.2) is 17.4 Å². The van der Waals surface area contributed by atoms with Crippen LogP contribution >= 0.6 is 11.9 Å². The molecule has 0 amide bonds. The van der Waals surface area contributed by atoms with Crippen LogP contribution in [0.1, 0.15) is 18.4 Å². The van der Waals surface area contributed by atoms with Crippen molar-refractivity contribution < 1.29 is 31.1 Å². The van der Waals surface area contributed by atoms with Gasteiger partial charge in [0.1, 0.15) is 23.5 Å². The van der Waals surface area contributed by atoms with Crippen LogP contribution < -0.4 is 20.1 Å². The van der Waals surface area contributed by atoms with Crippen molar-refractivity contribution in [2.45, 2.75) is 24.8 Å². The van der Waals surface area contributed by atoms with E-state index in [4.69, 9.17) is 4.74 Å². The van der Waals surface area contributed by atoms with Crippen molar-refractivity contribution in [3.8, 4) is 22.9 Å². The summed E-state index contributed by atoms with van der Waals surface area (Å²) in [6.07, 6.45) is 4.04. The van der Waals surface area contributed by atoms with Crippen molar-refractivity contribution in [2.24, 2.45) is 0 Å². The molecule has 42 heavy (non-hydrogen) atoms. The van der Waals surface area contributed by atoms with Crippen molar-refractivity contribution in [2.75, 3.05) is 30.2 Å². The lowest BCUT2D eigenvalue weighted by Crippen LogP contribution is -2.30. The largest absolute Gasteiger partial charge is 0.435 e. The number of piperidine rings is 1. The van der Waals surface area contributed by atoms with Crippen LogP contribution in [0.25, 0.3) is 11.3 Å². The number of ether oxygens (including phenoxy) is 1. The molecule has 14 heteroatoms. The summed E-state index contributed by atoms with van der Waals surface area (Å²) in [5.74, 6) is -6.37. The molecule has 3 N–H and O–H groups in total. The van der Waals surface area contributed by atoms with Crippen LogP contribution in [-0.4, -0.2) is 41.3 Å². The van der Waals surface area contributed by atoms with E-state index < -0.39 is 46.7 Å². The van der Waals surface area contributed by atoms with Gasteiger partial charge in [-0.15, -0.1) is 0 Å². The first-order valence-electron chi connectivity index (χ1n) is 12.7. The highest BCUT2D eigenvalue weighted by atomic mass is 32.2. The zero-order valence-electron chi connectivity index (χ0n) is 22.2. The molecule has 2 aromatic heterocycles. The first-order chi connectivity index (χ1) is 20.3. The summed E-state index contributed by atoms with van der Waals surface area (Å²) in [5, 5.41) is 5.74. The molecule has 0 radical (unpaired) electrons. The van der Waals surface area contributed by atoms with Crippen LogP contribution in [0.2, 0.25) is 0 Å². The summed E-state index contributed by atoms with van der Waals surface area (Å²) < 4.78 is 90.7. The second-order valence-electron chi connectivity index (χ2n) is 8.90. The van der Waals surface area contributed by atoms with Gasteiger partial charge in [-0.25, -0.2) is 36.9 Å². The van der Waals surface area contributed by atoms with Crippen LogP contribution in [-0.2, 0) is 5.75 Å². The molecule has 0 spiro atoms. The maximum absolute atomic E-state index is 14.8. The smallest absolute Gasteiger partial charge is 0.228 e. The average molecular weight is 609 g/mol. The van der Waals surface area contributed by atoms with Crippen molar-refractivity contribution in [1.29, 1.82) is 0 Å². The molecule has 1 aliphatic heterocycles. The van der Waals surface area contributed by atoms with Crippen molar-refractivity contribution >= 4 is 23.6 Å². The molecule has 1 unspecified atom stereocenters. The van der Waals surface area contributed by atoms with Crippen molar-refractivity contribution in [3.63, 3.8) is 0 Å². The number of nitrogens with zero attached hydrogens (tertiary/aromatic N) is 3. The summed E-state index contributed by atoms with van der Waals surface area (Å²) in [4.78, 5) is 12.3. The lowest BCUT2D eigenvalue weighted by atomic mass is 10.1. The van der Waals surface area contributed by atoms with Crippen LogP contribution in [0.3, 0.4) is 0 Å². The van der Waals surface area contributed by atoms with E-state index in [0.717, 1.165) is 25.5 Å². The molecule has 1 saturated heterocycles. The van der Waals surface area contributed by atoms with E-state index in [-0.39, 0.29) is 17.2 Å². The predicted molar refractivity (Wildman–Crippen MR) is 149 cm³/mol. The molecular weight excluding hydrogens is 582 g/mol. The van der Waals surface area contributed by atoms with Gasteiger partial charge in [-0.3, -0.25) is 0 Å². The van der Waals surface area contributed by atoms with Gasteiger partial charge in [-0.05, 0) is 61.2 Å². The van der Waals surface area contributed by atoms with Crippen molar-refractivity contribution in [3.05, 3.63) is 89.5 Å². The molecule has 5 rings (SSSR count). The van der Waals surface area contributed by atoms with E-state index in [2.05, 4.69) is 30.3 Å². The van der Waals surface area contributed by atoms with Gasteiger partial charge in [-0.1, -0.05) is 6.07 Å². The van der Waals surface area contributed by atoms with E-state index in [1.807, 2.05) is 0 Å². The maximum Gasteiger partial charge on any atom is 0.228 e. The number of halogens is 6. The quantitative estimate of drug-likeness (QED) is 0.112. The molecule has 1 atom stereocenters. The summed E-state index contributed by atoms with van der Waals surface area (Å²) in [7, 11) is 1.63. The van der Waals surface area contributed by atoms with Crippen LogP contribution in [0.5, 0.6) is 11.6 Å². The number of hydrogen-bond acceptors (Lipinski definition) is 8. The highest BCUT2D eigenvalue weighted by Gasteiger charge is 2.22. The van der Waals surface area contributed by atoms with Gasteiger partial charge >= 0.3 is 0 Å². The fourth-order valence-corrected chi connectivity index (χ4v) is 4.57. The lowest BCUT2D eigenvalue weighted by Gasteiger charge is -2.14. The van der Waals surface area contributed by atoms with Gasteiger partial charge in [0.05, 0.1) is 11.3 Å². The Bertz CT molecular complexity index is 1510. The van der Waals surface area contributed by atoms with E-state index in [9.17, 15) is 26.3 Å². The highest BCUT2D eigenvalue weighted by molar-refractivity contribution is 7.99. The lowest BCUT2D eigenvalue weighted by molar-refractivity contribution is 0.266. The number of aromatic nitrogens is 3. The summed E-state index contributed by atoms with van der Waals surface area (Å²) in [6, 6.07) is 8.36. The Morgan fingerprint density at radius 1 is 1.00 bits per heavy atom. The number of hydrogen-bond donors (Lipinski definition) is 3. The van der Waals surface area contributed by atoms with Crippen LogP contribution in [0.4, 0.5) is 38.0 Å². The van der Waals surface area contributed by atoms with E-state index in [0.29, 0.717) is 47.8 Å². The number of anilines is 2. The standard InChI is InChI=1S/C23H16F5N5OS.C5H10FN/c1-29-23-31-8-6-17(32-23)14-3-2-7-30-22(14)34-18-10-16(26)21(20(28)19(18)27)33-35-11-12-4-5-13(24)9-15(12)25;6-5-2-1-3-7-4-5/h2-10,33H,11H2,1H3,(H,29,31,32);5,7H,1-4H2. The number of pyridine rings is 1. The molecule has 3 heterocycles. The SMILES string of the molecule is CNc1nccc(-c2cccnc2Oc2cc(F)c(NSCc3ccc(F)cc3F)c(F)c2F)n1.FC1CCCNC1. The van der Waals surface area contributed by atoms with Crippen LogP contribution in [0.15, 0.2) is 54.9 Å². The topological polar surface area (TPSA) is 84.0 Å². The monoisotopic (exact) mass is 608 g/mol. The number of alkyl halides is 1. The third-order valence-electron chi connectivity index (χ3n) is 5.91. The van der Waals surface area contributed by atoms with E-state index in [1.54, 1.807) is 25.2 Å². The molecule has 7 nitrogen and oxygen atoms in total. The highest BCUT2D eigenvalue weighted by Crippen LogP contribution is 2.36. The Labute approximate surface area is 242 Å². The van der Waals surface area contributed by atoms with Gasteiger partial charge in [0.2, 0.25) is 17.6 Å². The van der Waals surface area contributed by atoms with E-state index in [1.165, 1.54) is 18.5 Å². The maximum atomic E-state index is 14.8. The summed E-state index contributed by atoms with van der Waals surface area (Å²) in [6.45, 7) is 1.57. The Kier molecular flexibility index (Phi) is 10.8. The fraction of sp³-hybridized carbons (Fsp3) is 0.250. The summed E-state index contributed by atoms with van der Waals surface area (Å²) in [5.41, 5.74) is 0.0410. The molecule has 1 fully saturated rings. The second kappa shape index (κ2) is 14.7. The Balaban J connectivity index is 0.000000507. The number of benzene rings is 2. The van der Waals surface area contributed by atoms with Gasteiger partial charge < -0.3 is 20.1 Å². The van der Waals surface area contributed by atoms with Crippen molar-refractivity contribution in [1.82, 2.24) is 20.3 Å². The normalized spacial score (nSPS) is 14.5. The zero-order valence-corrected chi connectivity index (χ0v) is 23.1. The Morgan fingerprint density at radius 2 is 1.83 bits per heavy atom. The third kappa shape index (κ3) is 8.03. The number of nitrogens with one attached hydrogen (secondary N) is 3. The number of rotatable bonds is 8. The zero-order chi connectivity index (χ0) is 30.1. The Morgan fingerprint density at radius 3 is 2.52 bits per heavy atom. The molecule has 4 aromatic rings. The molecule has 222 valence electrons. The molecular formula is C28H26F6N6OS. The van der Waals surface area contributed by atoms with E-state index >= 15 is 0 Å². The third-order valence-corrected chi connectivity index (χ3v) is 6.72. The molecule has 1 aliphatic rings. The fourth-order valence-electron chi connectivity index (χ4n) is 3.78. The molecule has 0 aliphatic carbocycles. The first kappa shape index (κ1) is 30.9. The van der Waals surface area contributed by atoms with Gasteiger partial charge in [0, 0.05) is 43.9 Å². The predicted octanol–water partition coefficient (Wildman–Crippen LogP) is 7.04.